The molecule has 0 bridgehead atoms. The highest BCUT2D eigenvalue weighted by molar-refractivity contribution is 7.85. The summed E-state index contributed by atoms with van der Waals surface area (Å²) in [7, 11) is -0.600. The van der Waals surface area contributed by atoms with Gasteiger partial charge in [0.2, 0.25) is 0 Å². The van der Waals surface area contributed by atoms with E-state index < -0.39 is 10.8 Å². The van der Waals surface area contributed by atoms with Gasteiger partial charge < -0.3 is 11.1 Å². The first-order valence-electron chi connectivity index (χ1n) is 5.07. The molecule has 0 aromatic carbocycles. The summed E-state index contributed by atoms with van der Waals surface area (Å²) in [6, 6.07) is 4.15. The standard InChI is InChI=1S/C10H15N3OS/c11-10-7-9(1-4-12-10)13-8-2-5-15(14)6-3-8/h1,4,7-8H,2-3,5-6H2,(H3,11,12,13). The van der Waals surface area contributed by atoms with E-state index in [0.717, 1.165) is 30.0 Å². The molecular weight excluding hydrogens is 210 g/mol. The second-order valence-electron chi connectivity index (χ2n) is 3.74. The lowest BCUT2D eigenvalue weighted by Gasteiger charge is -2.23. The summed E-state index contributed by atoms with van der Waals surface area (Å²) in [5.74, 6) is 2.13. The van der Waals surface area contributed by atoms with Gasteiger partial charge in [0.1, 0.15) is 5.82 Å². The summed E-state index contributed by atoms with van der Waals surface area (Å²) < 4.78 is 11.2. The van der Waals surface area contributed by atoms with Crippen LogP contribution in [0.15, 0.2) is 18.3 Å². The van der Waals surface area contributed by atoms with Crippen molar-refractivity contribution < 1.29 is 4.21 Å². The minimum absolute atomic E-state index is 0.421. The smallest absolute Gasteiger partial charge is 0.125 e. The fraction of sp³-hybridized carbons (Fsp3) is 0.500. The lowest BCUT2D eigenvalue weighted by molar-refractivity contribution is 0.624. The second kappa shape index (κ2) is 4.61. The predicted molar refractivity (Wildman–Crippen MR) is 63.2 cm³/mol. The van der Waals surface area contributed by atoms with Crippen LogP contribution in [0.4, 0.5) is 11.5 Å². The number of aromatic nitrogens is 1. The van der Waals surface area contributed by atoms with Crippen LogP contribution in [0.25, 0.3) is 0 Å². The third kappa shape index (κ3) is 2.92. The Morgan fingerprint density at radius 1 is 1.47 bits per heavy atom. The summed E-state index contributed by atoms with van der Waals surface area (Å²) in [6.07, 6.45) is 3.63. The van der Waals surface area contributed by atoms with Crippen molar-refractivity contribution in [3.8, 4) is 0 Å². The van der Waals surface area contributed by atoms with Gasteiger partial charge in [0.25, 0.3) is 0 Å². The zero-order valence-corrected chi connectivity index (χ0v) is 9.30. The molecule has 0 amide bonds. The van der Waals surface area contributed by atoms with Crippen LogP contribution < -0.4 is 11.1 Å². The second-order valence-corrected chi connectivity index (χ2v) is 5.43. The number of nitrogens with zero attached hydrogens (tertiary/aromatic N) is 1. The Morgan fingerprint density at radius 2 is 2.20 bits per heavy atom. The summed E-state index contributed by atoms with van der Waals surface area (Å²) in [5, 5.41) is 3.39. The molecule has 0 atom stereocenters. The molecule has 1 aliphatic rings. The van der Waals surface area contributed by atoms with Gasteiger partial charge in [-0.2, -0.15) is 0 Å². The molecule has 0 radical (unpaired) electrons. The molecule has 5 heteroatoms. The maximum absolute atomic E-state index is 11.2. The molecular formula is C10H15N3OS. The van der Waals surface area contributed by atoms with E-state index in [2.05, 4.69) is 10.3 Å². The van der Waals surface area contributed by atoms with E-state index in [4.69, 9.17) is 5.73 Å². The lowest BCUT2D eigenvalue weighted by Crippen LogP contribution is -2.29. The van der Waals surface area contributed by atoms with Crippen LogP contribution in [0, 0.1) is 0 Å². The summed E-state index contributed by atoms with van der Waals surface area (Å²) >= 11 is 0. The Labute approximate surface area is 91.7 Å². The minimum atomic E-state index is -0.600. The number of nitrogen functional groups attached to an aromatic ring is 1. The van der Waals surface area contributed by atoms with Crippen molar-refractivity contribution >= 4 is 22.3 Å². The SMILES string of the molecule is Nc1cc(NC2CCS(=O)CC2)ccn1. The average molecular weight is 225 g/mol. The Hall–Kier alpha value is -1.10. The number of pyridine rings is 1. The largest absolute Gasteiger partial charge is 0.384 e. The Kier molecular flexibility index (Phi) is 3.20. The quantitative estimate of drug-likeness (QED) is 0.787. The highest BCUT2D eigenvalue weighted by atomic mass is 32.2. The van der Waals surface area contributed by atoms with Gasteiger partial charge in [0.05, 0.1) is 0 Å². The number of nitrogens with one attached hydrogen (secondary N) is 1. The molecule has 4 nitrogen and oxygen atoms in total. The zero-order chi connectivity index (χ0) is 10.7. The molecule has 0 spiro atoms. The average Bonchev–Trinajstić information content (AvgIpc) is 2.22. The number of hydrogen-bond donors (Lipinski definition) is 2. The van der Waals surface area contributed by atoms with Gasteiger partial charge in [-0.25, -0.2) is 4.98 Å². The first-order valence-corrected chi connectivity index (χ1v) is 6.56. The third-order valence-corrected chi connectivity index (χ3v) is 3.92. The Bertz CT molecular complexity index is 359. The van der Waals surface area contributed by atoms with Crippen molar-refractivity contribution in [1.82, 2.24) is 4.98 Å². The highest BCUT2D eigenvalue weighted by Gasteiger charge is 2.17. The number of nitrogens with two attached hydrogens (primary N) is 1. The molecule has 1 fully saturated rings. The fourth-order valence-electron chi connectivity index (χ4n) is 1.71. The van der Waals surface area contributed by atoms with E-state index >= 15 is 0 Å². The maximum Gasteiger partial charge on any atom is 0.125 e. The van der Waals surface area contributed by atoms with Gasteiger partial charge in [-0.1, -0.05) is 0 Å². The number of rotatable bonds is 2. The van der Waals surface area contributed by atoms with Crippen molar-refractivity contribution in [2.45, 2.75) is 18.9 Å². The lowest BCUT2D eigenvalue weighted by atomic mass is 10.1. The Morgan fingerprint density at radius 3 is 2.87 bits per heavy atom. The molecule has 15 heavy (non-hydrogen) atoms. The maximum atomic E-state index is 11.2. The van der Waals surface area contributed by atoms with Gasteiger partial charge in [-0.15, -0.1) is 0 Å². The van der Waals surface area contributed by atoms with E-state index in [1.54, 1.807) is 6.20 Å². The summed E-state index contributed by atoms with van der Waals surface area (Å²) in [5.41, 5.74) is 6.59. The molecule has 1 aliphatic heterocycles. The van der Waals surface area contributed by atoms with E-state index in [1.807, 2.05) is 12.1 Å². The van der Waals surface area contributed by atoms with Crippen LogP contribution in [0.5, 0.6) is 0 Å². The first-order chi connectivity index (χ1) is 7.24. The van der Waals surface area contributed by atoms with Crippen molar-refractivity contribution in [2.75, 3.05) is 22.6 Å². The molecule has 0 unspecified atom stereocenters. The minimum Gasteiger partial charge on any atom is -0.384 e. The number of hydrogen-bond acceptors (Lipinski definition) is 4. The van der Waals surface area contributed by atoms with Crippen molar-refractivity contribution in [1.29, 1.82) is 0 Å². The normalized spacial score (nSPS) is 26.1. The predicted octanol–water partition coefficient (Wildman–Crippen LogP) is 0.987. The molecule has 82 valence electrons. The molecule has 1 aromatic rings. The topological polar surface area (TPSA) is 68.0 Å². The van der Waals surface area contributed by atoms with Crippen LogP contribution in [-0.2, 0) is 10.8 Å². The van der Waals surface area contributed by atoms with Gasteiger partial charge in [-0.3, -0.25) is 4.21 Å². The van der Waals surface area contributed by atoms with Gasteiger partial charge in [0, 0.05) is 46.3 Å². The van der Waals surface area contributed by atoms with Gasteiger partial charge in [0.15, 0.2) is 0 Å². The van der Waals surface area contributed by atoms with Crippen LogP contribution in [-0.4, -0.2) is 26.7 Å². The van der Waals surface area contributed by atoms with E-state index in [-0.39, 0.29) is 0 Å². The Balaban J connectivity index is 1.94. The molecule has 0 saturated carbocycles. The third-order valence-electron chi connectivity index (χ3n) is 2.54. The molecule has 0 aliphatic carbocycles. The number of anilines is 2. The van der Waals surface area contributed by atoms with Gasteiger partial charge >= 0.3 is 0 Å². The van der Waals surface area contributed by atoms with Crippen LogP contribution in [0.1, 0.15) is 12.8 Å². The van der Waals surface area contributed by atoms with Crippen molar-refractivity contribution in [2.24, 2.45) is 0 Å². The zero-order valence-electron chi connectivity index (χ0n) is 8.48. The van der Waals surface area contributed by atoms with E-state index in [0.29, 0.717) is 11.9 Å². The molecule has 3 N–H and O–H groups in total. The van der Waals surface area contributed by atoms with E-state index in [9.17, 15) is 4.21 Å². The van der Waals surface area contributed by atoms with Crippen molar-refractivity contribution in [3.63, 3.8) is 0 Å². The first kappa shape index (κ1) is 10.4. The van der Waals surface area contributed by atoms with Gasteiger partial charge in [-0.05, 0) is 18.9 Å². The molecule has 1 aromatic heterocycles. The highest BCUT2D eigenvalue weighted by Crippen LogP contribution is 2.16. The molecule has 2 rings (SSSR count). The van der Waals surface area contributed by atoms with E-state index in [1.165, 1.54) is 0 Å². The summed E-state index contributed by atoms with van der Waals surface area (Å²) in [6.45, 7) is 0. The monoisotopic (exact) mass is 225 g/mol. The van der Waals surface area contributed by atoms with Crippen LogP contribution >= 0.6 is 0 Å². The summed E-state index contributed by atoms with van der Waals surface area (Å²) in [4.78, 5) is 3.93. The van der Waals surface area contributed by atoms with Crippen LogP contribution in [0.2, 0.25) is 0 Å². The fourth-order valence-corrected chi connectivity index (χ4v) is 3.01. The molecule has 2 heterocycles. The van der Waals surface area contributed by atoms with Crippen LogP contribution in [0.3, 0.4) is 0 Å². The molecule has 1 saturated heterocycles. The van der Waals surface area contributed by atoms with Crippen molar-refractivity contribution in [3.05, 3.63) is 18.3 Å².